The van der Waals surface area contributed by atoms with E-state index in [0.717, 1.165) is 0 Å². The van der Waals surface area contributed by atoms with Gasteiger partial charge in [0.05, 0.1) is 11.1 Å². The van der Waals surface area contributed by atoms with Gasteiger partial charge in [-0.3, -0.25) is 9.59 Å². The molecule has 7 heteroatoms. The van der Waals surface area contributed by atoms with Gasteiger partial charge in [0, 0.05) is 5.39 Å². The fourth-order valence-electron chi connectivity index (χ4n) is 2.70. The minimum atomic E-state index is -1.07. The lowest BCUT2D eigenvalue weighted by Gasteiger charge is -2.11. The molecular weight excluding hydrogens is 329 g/mol. The average Bonchev–Trinajstić information content (AvgIpc) is 3.16. The Balaban J connectivity index is 1.66. The van der Waals surface area contributed by atoms with Crippen molar-refractivity contribution in [3.8, 4) is 0 Å². The third-order valence-electron chi connectivity index (χ3n) is 3.99. The number of furan rings is 1. The number of aryl methyl sites for hydroxylation is 1. The van der Waals surface area contributed by atoms with Gasteiger partial charge in [-0.05, 0) is 36.8 Å². The number of carbonyl (C=O) groups is 3. The van der Waals surface area contributed by atoms with Crippen LogP contribution in [0.2, 0.25) is 0 Å². The van der Waals surface area contributed by atoms with Crippen LogP contribution < -0.4 is 0 Å². The highest BCUT2D eigenvalue weighted by atomic mass is 19.1. The summed E-state index contributed by atoms with van der Waals surface area (Å²) in [5.41, 5.74) is 0.910. The monoisotopic (exact) mass is 339 g/mol. The fourth-order valence-corrected chi connectivity index (χ4v) is 2.70. The van der Waals surface area contributed by atoms with E-state index in [-0.39, 0.29) is 22.5 Å². The van der Waals surface area contributed by atoms with E-state index < -0.39 is 23.6 Å². The first-order valence-electron chi connectivity index (χ1n) is 7.36. The van der Waals surface area contributed by atoms with E-state index in [1.165, 1.54) is 24.3 Å². The molecule has 0 bridgehead atoms. The normalized spacial score (nSPS) is 13.4. The number of benzene rings is 2. The molecule has 0 atom stereocenters. The van der Waals surface area contributed by atoms with Crippen molar-refractivity contribution < 1.29 is 28.0 Å². The molecule has 4 rings (SSSR count). The summed E-state index contributed by atoms with van der Waals surface area (Å²) in [5, 5.41) is 0.790. The molecular formula is C18H10FNO5. The van der Waals surface area contributed by atoms with Crippen molar-refractivity contribution in [3.05, 3.63) is 70.7 Å². The number of halogens is 1. The van der Waals surface area contributed by atoms with Crippen molar-refractivity contribution in [2.24, 2.45) is 0 Å². The largest absolute Gasteiger partial charge is 0.446 e. The third kappa shape index (κ3) is 2.20. The summed E-state index contributed by atoms with van der Waals surface area (Å²) < 4.78 is 19.0. The van der Waals surface area contributed by atoms with Gasteiger partial charge in [-0.25, -0.2) is 9.18 Å². The summed E-state index contributed by atoms with van der Waals surface area (Å²) >= 11 is 0. The number of amides is 2. The summed E-state index contributed by atoms with van der Waals surface area (Å²) in [5.74, 6) is -3.48. The molecule has 0 radical (unpaired) electrons. The minimum absolute atomic E-state index is 0.0886. The molecule has 0 fully saturated rings. The summed E-state index contributed by atoms with van der Waals surface area (Å²) in [7, 11) is 0. The second kappa shape index (κ2) is 5.27. The molecule has 2 aromatic carbocycles. The molecule has 6 nitrogen and oxygen atoms in total. The molecule has 2 amide bonds. The summed E-state index contributed by atoms with van der Waals surface area (Å²) in [6, 6.07) is 10.2. The smallest absolute Gasteiger partial charge is 0.399 e. The van der Waals surface area contributed by atoms with E-state index in [1.807, 2.05) is 0 Å². The number of rotatable bonds is 2. The second-order valence-corrected chi connectivity index (χ2v) is 5.55. The zero-order valence-corrected chi connectivity index (χ0v) is 12.9. The lowest BCUT2D eigenvalue weighted by Crippen LogP contribution is -2.32. The van der Waals surface area contributed by atoms with Crippen molar-refractivity contribution in [3.63, 3.8) is 0 Å². The van der Waals surface area contributed by atoms with E-state index in [9.17, 15) is 18.8 Å². The maximum absolute atomic E-state index is 13.8. The molecule has 1 aliphatic rings. The van der Waals surface area contributed by atoms with Crippen LogP contribution >= 0.6 is 0 Å². The Labute approximate surface area is 140 Å². The molecule has 0 unspecified atom stereocenters. The van der Waals surface area contributed by atoms with Crippen molar-refractivity contribution in [2.45, 2.75) is 6.92 Å². The van der Waals surface area contributed by atoms with Gasteiger partial charge in [-0.2, -0.15) is 0 Å². The first-order valence-corrected chi connectivity index (χ1v) is 7.36. The Morgan fingerprint density at radius 2 is 1.72 bits per heavy atom. The van der Waals surface area contributed by atoms with E-state index in [0.29, 0.717) is 16.0 Å². The fraction of sp³-hybridized carbons (Fsp3) is 0.0556. The average molecular weight is 339 g/mol. The predicted molar refractivity (Wildman–Crippen MR) is 83.3 cm³/mol. The second-order valence-electron chi connectivity index (χ2n) is 5.55. The molecule has 0 aliphatic carbocycles. The highest BCUT2D eigenvalue weighted by Crippen LogP contribution is 2.27. The number of carbonyl (C=O) groups excluding carboxylic acids is 3. The topological polar surface area (TPSA) is 76.8 Å². The Bertz CT molecular complexity index is 995. The van der Waals surface area contributed by atoms with E-state index >= 15 is 0 Å². The Morgan fingerprint density at radius 3 is 2.32 bits per heavy atom. The zero-order valence-electron chi connectivity index (χ0n) is 12.9. The maximum Gasteiger partial charge on any atom is 0.399 e. The number of nitrogens with zero attached hydrogens (tertiary/aromatic N) is 1. The van der Waals surface area contributed by atoms with Crippen molar-refractivity contribution in [2.75, 3.05) is 0 Å². The summed E-state index contributed by atoms with van der Waals surface area (Å²) in [6.45, 7) is 1.73. The van der Waals surface area contributed by atoms with E-state index in [2.05, 4.69) is 0 Å². The molecule has 0 N–H and O–H groups in total. The van der Waals surface area contributed by atoms with Gasteiger partial charge in [0.15, 0.2) is 11.4 Å². The Kier molecular flexibility index (Phi) is 3.18. The summed E-state index contributed by atoms with van der Waals surface area (Å²) in [4.78, 5) is 41.5. The first-order chi connectivity index (χ1) is 12.0. The number of imide groups is 1. The van der Waals surface area contributed by atoms with Gasteiger partial charge in [0.2, 0.25) is 5.76 Å². The molecule has 0 saturated carbocycles. The summed E-state index contributed by atoms with van der Waals surface area (Å²) in [6.07, 6.45) is 0. The van der Waals surface area contributed by atoms with Crippen LogP contribution in [-0.4, -0.2) is 22.8 Å². The number of hydrogen-bond acceptors (Lipinski definition) is 5. The number of fused-ring (bicyclic) bond motifs is 2. The minimum Gasteiger partial charge on any atom is -0.446 e. The van der Waals surface area contributed by atoms with Crippen molar-refractivity contribution in [1.29, 1.82) is 0 Å². The third-order valence-corrected chi connectivity index (χ3v) is 3.99. The zero-order chi connectivity index (χ0) is 17.7. The molecule has 3 aromatic rings. The number of hydroxylamine groups is 2. The van der Waals surface area contributed by atoms with Crippen LogP contribution in [0.1, 0.15) is 36.8 Å². The van der Waals surface area contributed by atoms with Crippen LogP contribution in [0, 0.1) is 12.7 Å². The molecule has 2 heterocycles. The van der Waals surface area contributed by atoms with Gasteiger partial charge < -0.3 is 9.25 Å². The lowest BCUT2D eigenvalue weighted by atomic mass is 10.1. The van der Waals surface area contributed by atoms with Crippen LogP contribution in [-0.2, 0) is 4.84 Å². The molecule has 1 aromatic heterocycles. The molecule has 0 saturated heterocycles. The van der Waals surface area contributed by atoms with Gasteiger partial charge in [0.25, 0.3) is 11.8 Å². The highest BCUT2D eigenvalue weighted by Gasteiger charge is 2.39. The highest BCUT2D eigenvalue weighted by molar-refractivity contribution is 6.21. The van der Waals surface area contributed by atoms with Gasteiger partial charge in [-0.1, -0.05) is 23.3 Å². The van der Waals surface area contributed by atoms with E-state index in [4.69, 9.17) is 9.25 Å². The Hall–Kier alpha value is -3.48. The van der Waals surface area contributed by atoms with Gasteiger partial charge >= 0.3 is 5.97 Å². The molecule has 124 valence electrons. The van der Waals surface area contributed by atoms with Gasteiger partial charge in [0.1, 0.15) is 0 Å². The van der Waals surface area contributed by atoms with Crippen molar-refractivity contribution in [1.82, 2.24) is 5.06 Å². The van der Waals surface area contributed by atoms with Crippen LogP contribution in [0.5, 0.6) is 0 Å². The lowest BCUT2D eigenvalue weighted by molar-refractivity contribution is -0.0602. The first kappa shape index (κ1) is 15.1. The predicted octanol–water partition coefficient (Wildman–Crippen LogP) is 3.25. The van der Waals surface area contributed by atoms with Crippen molar-refractivity contribution >= 4 is 28.8 Å². The van der Waals surface area contributed by atoms with Crippen LogP contribution in [0.4, 0.5) is 4.39 Å². The number of hydrogen-bond donors (Lipinski definition) is 0. The quantitative estimate of drug-likeness (QED) is 0.670. The van der Waals surface area contributed by atoms with Crippen LogP contribution in [0.15, 0.2) is 46.9 Å². The van der Waals surface area contributed by atoms with Crippen LogP contribution in [0.25, 0.3) is 11.0 Å². The van der Waals surface area contributed by atoms with Crippen LogP contribution in [0.3, 0.4) is 0 Å². The van der Waals surface area contributed by atoms with Gasteiger partial charge in [-0.15, -0.1) is 0 Å². The van der Waals surface area contributed by atoms with E-state index in [1.54, 1.807) is 25.1 Å². The standard InChI is InChI=1S/C18H10FNO5/c1-9-6-7-13(19)15-12(9)8-14(24-15)18(23)25-20-16(21)10-4-2-3-5-11(10)17(20)22/h2-8H,1H3. The molecule has 1 aliphatic heterocycles. The molecule has 0 spiro atoms. The Morgan fingerprint density at radius 1 is 1.08 bits per heavy atom. The molecule has 25 heavy (non-hydrogen) atoms. The SMILES string of the molecule is Cc1ccc(F)c2oc(C(=O)ON3C(=O)c4ccccc4C3=O)cc12. The maximum atomic E-state index is 13.8.